The van der Waals surface area contributed by atoms with E-state index in [1.54, 1.807) is 4.57 Å². The van der Waals surface area contributed by atoms with E-state index in [0.29, 0.717) is 13.0 Å². The second-order valence-corrected chi connectivity index (χ2v) is 5.17. The highest BCUT2D eigenvalue weighted by atomic mass is 16.1. The summed E-state index contributed by atoms with van der Waals surface area (Å²) in [5, 5.41) is 10.6. The van der Waals surface area contributed by atoms with Crippen LogP contribution in [0.5, 0.6) is 0 Å². The van der Waals surface area contributed by atoms with E-state index >= 15 is 0 Å². The predicted octanol–water partition coefficient (Wildman–Crippen LogP) is 2.70. The van der Waals surface area contributed by atoms with Gasteiger partial charge in [0.25, 0.3) is 5.56 Å². The fraction of sp³-hybridized carbons (Fsp3) is 0.333. The summed E-state index contributed by atoms with van der Waals surface area (Å²) in [4.78, 5) is 12.3. The number of fused-ring (bicyclic) bond motifs is 1. The van der Waals surface area contributed by atoms with Crippen molar-refractivity contribution in [1.29, 1.82) is 5.26 Å². The second kappa shape index (κ2) is 3.99. The van der Waals surface area contributed by atoms with Gasteiger partial charge in [0.2, 0.25) is 0 Å². The molecule has 0 N–H and O–H groups in total. The summed E-state index contributed by atoms with van der Waals surface area (Å²) in [5.41, 5.74) is 0.110. The zero-order valence-electron chi connectivity index (χ0n) is 10.1. The van der Waals surface area contributed by atoms with Gasteiger partial charge < -0.3 is 4.57 Å². The Kier molecular flexibility index (Phi) is 2.45. The SMILES string of the molecule is N#CCC1(Cn2ccc3ccccc3c2=O)CC1. The largest absolute Gasteiger partial charge is 0.314 e. The van der Waals surface area contributed by atoms with Crippen molar-refractivity contribution in [2.24, 2.45) is 5.41 Å². The Hall–Kier alpha value is -2.08. The quantitative estimate of drug-likeness (QED) is 0.825. The first-order valence-corrected chi connectivity index (χ1v) is 6.19. The molecule has 1 aromatic heterocycles. The molecule has 0 atom stereocenters. The number of hydrogen-bond donors (Lipinski definition) is 0. The van der Waals surface area contributed by atoms with Crippen LogP contribution in [0.2, 0.25) is 0 Å². The van der Waals surface area contributed by atoms with Crippen LogP contribution in [0, 0.1) is 16.7 Å². The first-order chi connectivity index (χ1) is 8.74. The maximum Gasteiger partial charge on any atom is 0.258 e. The number of pyridine rings is 1. The van der Waals surface area contributed by atoms with Gasteiger partial charge in [-0.05, 0) is 30.4 Å². The highest BCUT2D eigenvalue weighted by Gasteiger charge is 2.42. The highest BCUT2D eigenvalue weighted by Crippen LogP contribution is 2.49. The number of hydrogen-bond acceptors (Lipinski definition) is 2. The monoisotopic (exact) mass is 238 g/mol. The lowest BCUT2D eigenvalue weighted by Crippen LogP contribution is -2.24. The van der Waals surface area contributed by atoms with Gasteiger partial charge in [-0.15, -0.1) is 0 Å². The smallest absolute Gasteiger partial charge is 0.258 e. The summed E-state index contributed by atoms with van der Waals surface area (Å²) in [7, 11) is 0. The van der Waals surface area contributed by atoms with Crippen LogP contribution in [0.1, 0.15) is 19.3 Å². The molecule has 0 unspecified atom stereocenters. The summed E-state index contributed by atoms with van der Waals surface area (Å²) >= 11 is 0. The minimum absolute atomic E-state index is 0.0531. The lowest BCUT2D eigenvalue weighted by Gasteiger charge is -2.13. The number of aromatic nitrogens is 1. The molecule has 0 radical (unpaired) electrons. The molecule has 2 aromatic rings. The lowest BCUT2D eigenvalue weighted by molar-refractivity contribution is 0.425. The predicted molar refractivity (Wildman–Crippen MR) is 70.1 cm³/mol. The van der Waals surface area contributed by atoms with E-state index in [2.05, 4.69) is 6.07 Å². The third-order valence-electron chi connectivity index (χ3n) is 3.80. The van der Waals surface area contributed by atoms with Crippen molar-refractivity contribution >= 4 is 10.8 Å². The first-order valence-electron chi connectivity index (χ1n) is 6.19. The zero-order chi connectivity index (χ0) is 12.6. The molecule has 0 aliphatic heterocycles. The molecule has 1 saturated carbocycles. The van der Waals surface area contributed by atoms with Crippen LogP contribution in [0.3, 0.4) is 0 Å². The second-order valence-electron chi connectivity index (χ2n) is 5.17. The topological polar surface area (TPSA) is 45.8 Å². The van der Waals surface area contributed by atoms with Crippen LogP contribution in [0.25, 0.3) is 10.8 Å². The number of benzene rings is 1. The Bertz CT molecular complexity index is 689. The molecule has 1 aromatic carbocycles. The van der Waals surface area contributed by atoms with Crippen LogP contribution in [-0.2, 0) is 6.54 Å². The number of nitriles is 1. The molecule has 1 aliphatic carbocycles. The molecule has 3 nitrogen and oxygen atoms in total. The van der Waals surface area contributed by atoms with Crippen LogP contribution < -0.4 is 5.56 Å². The Labute approximate surface area is 105 Å². The third-order valence-corrected chi connectivity index (χ3v) is 3.80. The summed E-state index contributed by atoms with van der Waals surface area (Å²) < 4.78 is 1.76. The van der Waals surface area contributed by atoms with Gasteiger partial charge in [0.1, 0.15) is 0 Å². The van der Waals surface area contributed by atoms with Gasteiger partial charge in [-0.3, -0.25) is 4.79 Å². The van der Waals surface area contributed by atoms with Crippen LogP contribution in [0.15, 0.2) is 41.3 Å². The molecule has 3 rings (SSSR count). The standard InChI is InChI=1S/C15H14N2O/c16-9-8-15(6-7-15)11-17-10-5-12-3-1-2-4-13(12)14(17)18/h1-5,10H,6-8,11H2. The summed E-state index contributed by atoms with van der Waals surface area (Å²) in [6.45, 7) is 0.671. The fourth-order valence-corrected chi connectivity index (χ4v) is 2.45. The van der Waals surface area contributed by atoms with Crippen molar-refractivity contribution in [3.8, 4) is 6.07 Å². The van der Waals surface area contributed by atoms with Gasteiger partial charge in [-0.1, -0.05) is 18.2 Å². The summed E-state index contributed by atoms with van der Waals surface area (Å²) in [5.74, 6) is 0. The van der Waals surface area contributed by atoms with Crippen LogP contribution in [0.4, 0.5) is 0 Å². The molecule has 0 saturated heterocycles. The molecular weight excluding hydrogens is 224 g/mol. The maximum absolute atomic E-state index is 12.3. The van der Waals surface area contributed by atoms with Crippen molar-refractivity contribution in [2.45, 2.75) is 25.8 Å². The molecule has 0 amide bonds. The number of rotatable bonds is 3. The molecule has 0 spiro atoms. The Morgan fingerprint density at radius 3 is 2.78 bits per heavy atom. The van der Waals surface area contributed by atoms with E-state index in [4.69, 9.17) is 5.26 Å². The maximum atomic E-state index is 12.3. The summed E-state index contributed by atoms with van der Waals surface area (Å²) in [6, 6.07) is 11.8. The van der Waals surface area contributed by atoms with Crippen molar-refractivity contribution in [2.75, 3.05) is 0 Å². The van der Waals surface area contributed by atoms with Crippen molar-refractivity contribution in [3.05, 3.63) is 46.9 Å². The van der Waals surface area contributed by atoms with E-state index in [1.165, 1.54) is 0 Å². The Morgan fingerprint density at radius 2 is 2.06 bits per heavy atom. The first kappa shape index (κ1) is 11.0. The molecule has 1 fully saturated rings. The minimum atomic E-state index is 0.0531. The average Bonchev–Trinajstić information content (AvgIpc) is 3.14. The van der Waals surface area contributed by atoms with E-state index in [-0.39, 0.29) is 11.0 Å². The van der Waals surface area contributed by atoms with Gasteiger partial charge >= 0.3 is 0 Å². The van der Waals surface area contributed by atoms with Gasteiger partial charge in [0.15, 0.2) is 0 Å². The summed E-state index contributed by atoms with van der Waals surface area (Å²) in [6.07, 6.45) is 4.51. The van der Waals surface area contributed by atoms with E-state index in [0.717, 1.165) is 23.6 Å². The average molecular weight is 238 g/mol. The van der Waals surface area contributed by atoms with Crippen molar-refractivity contribution < 1.29 is 0 Å². The normalized spacial score (nSPS) is 16.4. The molecule has 1 heterocycles. The molecule has 90 valence electrons. The van der Waals surface area contributed by atoms with Gasteiger partial charge in [-0.2, -0.15) is 5.26 Å². The van der Waals surface area contributed by atoms with Gasteiger partial charge in [-0.25, -0.2) is 0 Å². The molecule has 1 aliphatic rings. The van der Waals surface area contributed by atoms with Crippen molar-refractivity contribution in [3.63, 3.8) is 0 Å². The van der Waals surface area contributed by atoms with Crippen LogP contribution >= 0.6 is 0 Å². The van der Waals surface area contributed by atoms with E-state index < -0.39 is 0 Å². The van der Waals surface area contributed by atoms with Crippen LogP contribution in [-0.4, -0.2) is 4.57 Å². The van der Waals surface area contributed by atoms with E-state index in [1.807, 2.05) is 36.5 Å². The zero-order valence-corrected chi connectivity index (χ0v) is 10.1. The molecule has 0 bridgehead atoms. The minimum Gasteiger partial charge on any atom is -0.314 e. The van der Waals surface area contributed by atoms with Crippen molar-refractivity contribution in [1.82, 2.24) is 4.57 Å². The lowest BCUT2D eigenvalue weighted by atomic mass is 10.0. The third kappa shape index (κ3) is 1.80. The highest BCUT2D eigenvalue weighted by molar-refractivity contribution is 5.81. The van der Waals surface area contributed by atoms with Gasteiger partial charge in [0, 0.05) is 30.0 Å². The number of nitrogens with zero attached hydrogens (tertiary/aromatic N) is 2. The van der Waals surface area contributed by atoms with Gasteiger partial charge in [0.05, 0.1) is 6.07 Å². The molecule has 18 heavy (non-hydrogen) atoms. The Morgan fingerprint density at radius 1 is 1.28 bits per heavy atom. The molecular formula is C15H14N2O. The fourth-order valence-electron chi connectivity index (χ4n) is 2.45. The Balaban J connectivity index is 2.01. The van der Waals surface area contributed by atoms with E-state index in [9.17, 15) is 4.79 Å². The molecule has 3 heteroatoms.